The molecule has 2 bridgehead atoms. The third kappa shape index (κ3) is 2.22. The van der Waals surface area contributed by atoms with E-state index >= 15 is 0 Å². The number of aliphatic hydroxyl groups is 1. The topological polar surface area (TPSA) is 55.5 Å². The van der Waals surface area contributed by atoms with Crippen LogP contribution in [0.5, 0.6) is 0 Å². The Morgan fingerprint density at radius 1 is 1.20 bits per heavy atom. The van der Waals surface area contributed by atoms with Crippen LogP contribution in [0.3, 0.4) is 0 Å². The van der Waals surface area contributed by atoms with Crippen molar-refractivity contribution < 1.29 is 9.84 Å². The normalized spacial score (nSPS) is 48.5. The molecule has 116 valence electrons. The second-order valence-electron chi connectivity index (χ2n) is 7.51. The van der Waals surface area contributed by atoms with Crippen molar-refractivity contribution in [2.45, 2.75) is 88.9 Å². The summed E-state index contributed by atoms with van der Waals surface area (Å²) in [5.41, 5.74) is 5.44. The van der Waals surface area contributed by atoms with E-state index in [4.69, 9.17) is 10.5 Å². The fourth-order valence-electron chi connectivity index (χ4n) is 5.28. The van der Waals surface area contributed by atoms with Crippen LogP contribution < -0.4 is 5.73 Å². The van der Waals surface area contributed by atoms with Gasteiger partial charge in [0.05, 0.1) is 17.8 Å². The Balaban J connectivity index is 1.77. The molecular weight excluding hydrogens is 250 g/mol. The van der Waals surface area contributed by atoms with E-state index < -0.39 is 5.60 Å². The van der Waals surface area contributed by atoms with E-state index in [-0.39, 0.29) is 11.5 Å². The van der Waals surface area contributed by atoms with Crippen LogP contribution in [0.15, 0.2) is 0 Å². The summed E-state index contributed by atoms with van der Waals surface area (Å²) in [4.78, 5) is 0. The van der Waals surface area contributed by atoms with E-state index in [1.807, 2.05) is 0 Å². The number of ether oxygens (including phenoxy) is 1. The maximum atomic E-state index is 11.4. The highest BCUT2D eigenvalue weighted by Crippen LogP contribution is 2.56. The average molecular weight is 281 g/mol. The monoisotopic (exact) mass is 281 g/mol. The molecule has 0 aromatic carbocycles. The molecule has 3 heteroatoms. The predicted octanol–water partition coefficient (Wildman–Crippen LogP) is 2.99. The molecule has 1 saturated carbocycles. The van der Waals surface area contributed by atoms with Crippen LogP contribution in [0.4, 0.5) is 0 Å². The van der Waals surface area contributed by atoms with Crippen molar-refractivity contribution in [3.05, 3.63) is 0 Å². The lowest BCUT2D eigenvalue weighted by Crippen LogP contribution is -2.57. The van der Waals surface area contributed by atoms with Gasteiger partial charge < -0.3 is 15.6 Å². The summed E-state index contributed by atoms with van der Waals surface area (Å²) in [5.74, 6) is 0.809. The molecule has 2 saturated heterocycles. The highest BCUT2D eigenvalue weighted by atomic mass is 16.5. The van der Waals surface area contributed by atoms with Gasteiger partial charge in [-0.3, -0.25) is 0 Å². The largest absolute Gasteiger partial charge is 0.389 e. The van der Waals surface area contributed by atoms with Gasteiger partial charge in [-0.2, -0.15) is 0 Å². The Labute approximate surface area is 123 Å². The van der Waals surface area contributed by atoms with Crippen molar-refractivity contribution in [1.29, 1.82) is 0 Å². The molecule has 3 aliphatic rings. The molecule has 3 fully saturated rings. The molecule has 5 atom stereocenters. The SMILES string of the molecule is CCCC1CCCC(O)(C2(CN)CC3CCC2O3)CC1. The van der Waals surface area contributed by atoms with E-state index in [1.165, 1.54) is 32.1 Å². The molecule has 0 aromatic rings. The quantitative estimate of drug-likeness (QED) is 0.779. The molecule has 0 aromatic heterocycles. The summed E-state index contributed by atoms with van der Waals surface area (Å²) in [5, 5.41) is 11.4. The van der Waals surface area contributed by atoms with Crippen molar-refractivity contribution in [2.24, 2.45) is 17.1 Å². The maximum absolute atomic E-state index is 11.4. The molecule has 0 spiro atoms. The zero-order chi connectivity index (χ0) is 14.2. The van der Waals surface area contributed by atoms with Crippen molar-refractivity contribution in [2.75, 3.05) is 6.54 Å². The van der Waals surface area contributed by atoms with Crippen LogP contribution in [-0.2, 0) is 4.74 Å². The molecule has 2 heterocycles. The van der Waals surface area contributed by atoms with Gasteiger partial charge in [-0.15, -0.1) is 0 Å². The lowest BCUT2D eigenvalue weighted by atomic mass is 9.60. The zero-order valence-electron chi connectivity index (χ0n) is 12.9. The molecule has 3 nitrogen and oxygen atoms in total. The molecule has 0 radical (unpaired) electrons. The predicted molar refractivity (Wildman–Crippen MR) is 80.4 cm³/mol. The summed E-state index contributed by atoms with van der Waals surface area (Å²) in [6, 6.07) is 0. The molecular formula is C17H31NO2. The Bertz CT molecular complexity index is 348. The van der Waals surface area contributed by atoms with Gasteiger partial charge in [0, 0.05) is 12.0 Å². The van der Waals surface area contributed by atoms with Crippen molar-refractivity contribution in [3.8, 4) is 0 Å². The summed E-state index contributed by atoms with van der Waals surface area (Å²) in [6.45, 7) is 2.85. The number of fused-ring (bicyclic) bond motifs is 2. The molecule has 3 rings (SSSR count). The molecule has 3 N–H and O–H groups in total. The van der Waals surface area contributed by atoms with Crippen LogP contribution >= 0.6 is 0 Å². The second kappa shape index (κ2) is 5.58. The van der Waals surface area contributed by atoms with Crippen LogP contribution in [0.25, 0.3) is 0 Å². The molecule has 20 heavy (non-hydrogen) atoms. The fourth-order valence-corrected chi connectivity index (χ4v) is 5.28. The smallest absolute Gasteiger partial charge is 0.0741 e. The molecule has 1 aliphatic carbocycles. The highest BCUT2D eigenvalue weighted by molar-refractivity contribution is 5.12. The summed E-state index contributed by atoms with van der Waals surface area (Å²) in [6.07, 6.45) is 11.9. The van der Waals surface area contributed by atoms with Gasteiger partial charge in [0.1, 0.15) is 0 Å². The average Bonchev–Trinajstić information content (AvgIpc) is 3.00. The number of nitrogens with two attached hydrogens (primary N) is 1. The Hall–Kier alpha value is -0.120. The first-order valence-corrected chi connectivity index (χ1v) is 8.71. The lowest BCUT2D eigenvalue weighted by Gasteiger charge is -2.48. The first-order valence-electron chi connectivity index (χ1n) is 8.71. The Kier molecular flexibility index (Phi) is 4.13. The third-order valence-electron chi connectivity index (χ3n) is 6.47. The summed E-state index contributed by atoms with van der Waals surface area (Å²) >= 11 is 0. The van der Waals surface area contributed by atoms with Gasteiger partial charge in [0.2, 0.25) is 0 Å². The van der Waals surface area contributed by atoms with Crippen molar-refractivity contribution >= 4 is 0 Å². The summed E-state index contributed by atoms with van der Waals surface area (Å²) in [7, 11) is 0. The fraction of sp³-hybridized carbons (Fsp3) is 1.00. The standard InChI is InChI=1S/C17H31NO2/c1-2-4-13-5-3-9-17(19,10-8-13)16(12-18)11-14-6-7-15(16)20-14/h13-15,19H,2-12,18H2,1H3. The number of rotatable bonds is 4. The van der Waals surface area contributed by atoms with Crippen LogP contribution in [0.1, 0.15) is 71.1 Å². The Morgan fingerprint density at radius 2 is 2.05 bits per heavy atom. The lowest BCUT2D eigenvalue weighted by molar-refractivity contribution is -0.120. The minimum atomic E-state index is -0.579. The molecule has 0 amide bonds. The van der Waals surface area contributed by atoms with E-state index in [0.29, 0.717) is 12.6 Å². The Morgan fingerprint density at radius 3 is 2.65 bits per heavy atom. The van der Waals surface area contributed by atoms with Gasteiger partial charge in [-0.05, 0) is 44.4 Å². The van der Waals surface area contributed by atoms with E-state index in [0.717, 1.165) is 38.0 Å². The van der Waals surface area contributed by atoms with E-state index in [2.05, 4.69) is 6.92 Å². The van der Waals surface area contributed by atoms with Crippen molar-refractivity contribution in [3.63, 3.8) is 0 Å². The molecule has 2 aliphatic heterocycles. The van der Waals surface area contributed by atoms with Gasteiger partial charge in [-0.25, -0.2) is 0 Å². The maximum Gasteiger partial charge on any atom is 0.0741 e. The van der Waals surface area contributed by atoms with Gasteiger partial charge in [-0.1, -0.05) is 32.6 Å². The second-order valence-corrected chi connectivity index (χ2v) is 7.51. The van der Waals surface area contributed by atoms with Crippen LogP contribution in [-0.4, -0.2) is 29.5 Å². The third-order valence-corrected chi connectivity index (χ3v) is 6.47. The minimum Gasteiger partial charge on any atom is -0.389 e. The highest BCUT2D eigenvalue weighted by Gasteiger charge is 2.61. The van der Waals surface area contributed by atoms with Crippen molar-refractivity contribution in [1.82, 2.24) is 0 Å². The van der Waals surface area contributed by atoms with Crippen LogP contribution in [0.2, 0.25) is 0 Å². The van der Waals surface area contributed by atoms with E-state index in [9.17, 15) is 5.11 Å². The number of hydrogen-bond donors (Lipinski definition) is 2. The number of hydrogen-bond acceptors (Lipinski definition) is 3. The molecule has 5 unspecified atom stereocenters. The van der Waals surface area contributed by atoms with E-state index in [1.54, 1.807) is 0 Å². The minimum absolute atomic E-state index is 0.156. The van der Waals surface area contributed by atoms with Gasteiger partial charge >= 0.3 is 0 Å². The van der Waals surface area contributed by atoms with Gasteiger partial charge in [0.15, 0.2) is 0 Å². The zero-order valence-corrected chi connectivity index (χ0v) is 12.9. The summed E-state index contributed by atoms with van der Waals surface area (Å²) < 4.78 is 6.07. The van der Waals surface area contributed by atoms with Crippen LogP contribution in [0, 0.1) is 11.3 Å². The first kappa shape index (κ1) is 14.8. The van der Waals surface area contributed by atoms with Gasteiger partial charge in [0.25, 0.3) is 0 Å². The first-order chi connectivity index (χ1) is 9.63.